The molecule has 3 aromatic rings. The highest BCUT2D eigenvalue weighted by Crippen LogP contribution is 2.22. The summed E-state index contributed by atoms with van der Waals surface area (Å²) >= 11 is 0. The van der Waals surface area contributed by atoms with Crippen LogP contribution in [-0.2, 0) is 0 Å². The lowest BCUT2D eigenvalue weighted by Gasteiger charge is -2.35. The standard InChI is InChI=1S/C24H25N3O3/c1-16-8-9-18(15-22(16)30-3)23(28)26-10-12-27(13-11-26)24(29)20-14-17(2)25-21-7-5-4-6-19(20)21/h4-9,14-15H,10-13H2,1-3H3. The van der Waals surface area contributed by atoms with Crippen molar-refractivity contribution in [1.29, 1.82) is 0 Å². The first-order chi connectivity index (χ1) is 14.5. The van der Waals surface area contributed by atoms with E-state index >= 15 is 0 Å². The van der Waals surface area contributed by atoms with Gasteiger partial charge in [0, 0.05) is 42.8 Å². The molecular formula is C24H25N3O3. The van der Waals surface area contributed by atoms with Crippen molar-refractivity contribution in [3.8, 4) is 5.75 Å². The van der Waals surface area contributed by atoms with Crippen molar-refractivity contribution in [3.05, 3.63) is 70.9 Å². The number of amides is 2. The number of hydrogen-bond acceptors (Lipinski definition) is 4. The largest absolute Gasteiger partial charge is 0.496 e. The first-order valence-corrected chi connectivity index (χ1v) is 10.1. The Morgan fingerprint density at radius 1 is 0.900 bits per heavy atom. The zero-order valence-corrected chi connectivity index (χ0v) is 17.5. The Balaban J connectivity index is 1.49. The van der Waals surface area contributed by atoms with Crippen LogP contribution in [0.4, 0.5) is 0 Å². The van der Waals surface area contributed by atoms with Gasteiger partial charge in [0.05, 0.1) is 18.2 Å². The number of hydrogen-bond donors (Lipinski definition) is 0. The maximum Gasteiger partial charge on any atom is 0.254 e. The first kappa shape index (κ1) is 19.9. The van der Waals surface area contributed by atoms with Gasteiger partial charge in [0.1, 0.15) is 5.75 Å². The highest BCUT2D eigenvalue weighted by molar-refractivity contribution is 6.06. The number of aromatic nitrogens is 1. The van der Waals surface area contributed by atoms with E-state index in [9.17, 15) is 9.59 Å². The van der Waals surface area contributed by atoms with Crippen molar-refractivity contribution in [1.82, 2.24) is 14.8 Å². The molecule has 1 saturated heterocycles. The molecule has 6 heteroatoms. The number of benzene rings is 2. The van der Waals surface area contributed by atoms with Gasteiger partial charge in [0.2, 0.25) is 0 Å². The summed E-state index contributed by atoms with van der Waals surface area (Å²) in [4.78, 5) is 34.3. The second-order valence-corrected chi connectivity index (χ2v) is 7.60. The van der Waals surface area contributed by atoms with Gasteiger partial charge in [-0.3, -0.25) is 14.6 Å². The maximum absolute atomic E-state index is 13.2. The average molecular weight is 403 g/mol. The van der Waals surface area contributed by atoms with Crippen LogP contribution in [0.15, 0.2) is 48.5 Å². The number of para-hydroxylation sites is 1. The van der Waals surface area contributed by atoms with E-state index in [-0.39, 0.29) is 11.8 Å². The molecule has 0 unspecified atom stereocenters. The Kier molecular flexibility index (Phi) is 5.40. The smallest absolute Gasteiger partial charge is 0.254 e. The van der Waals surface area contributed by atoms with Crippen LogP contribution in [-0.4, -0.2) is 59.9 Å². The summed E-state index contributed by atoms with van der Waals surface area (Å²) in [6.07, 6.45) is 0. The van der Waals surface area contributed by atoms with Gasteiger partial charge < -0.3 is 14.5 Å². The molecule has 0 bridgehead atoms. The summed E-state index contributed by atoms with van der Waals surface area (Å²) < 4.78 is 5.34. The summed E-state index contributed by atoms with van der Waals surface area (Å²) in [5, 5.41) is 0.860. The monoisotopic (exact) mass is 403 g/mol. The van der Waals surface area contributed by atoms with Crippen molar-refractivity contribution in [2.75, 3.05) is 33.3 Å². The van der Waals surface area contributed by atoms with Gasteiger partial charge in [-0.25, -0.2) is 0 Å². The second kappa shape index (κ2) is 8.14. The number of carbonyl (C=O) groups is 2. The molecular weight excluding hydrogens is 378 g/mol. The fourth-order valence-corrected chi connectivity index (χ4v) is 3.90. The molecule has 30 heavy (non-hydrogen) atoms. The van der Waals surface area contributed by atoms with E-state index in [1.165, 1.54) is 0 Å². The number of methoxy groups -OCH3 is 1. The lowest BCUT2D eigenvalue weighted by atomic mass is 10.1. The number of carbonyl (C=O) groups excluding carboxylic acids is 2. The van der Waals surface area contributed by atoms with E-state index in [0.29, 0.717) is 43.1 Å². The van der Waals surface area contributed by atoms with Gasteiger partial charge in [-0.05, 0) is 43.7 Å². The SMILES string of the molecule is COc1cc(C(=O)N2CCN(C(=O)c3cc(C)nc4ccccc34)CC2)ccc1C. The molecule has 2 aromatic carbocycles. The number of ether oxygens (including phenoxy) is 1. The molecule has 2 amide bonds. The van der Waals surface area contributed by atoms with E-state index < -0.39 is 0 Å². The number of aryl methyl sites for hydroxylation is 2. The molecule has 1 aliphatic heterocycles. The topological polar surface area (TPSA) is 62.7 Å². The Hall–Kier alpha value is -3.41. The third-order valence-electron chi connectivity index (χ3n) is 5.58. The Labute approximate surface area is 176 Å². The number of nitrogens with zero attached hydrogens (tertiary/aromatic N) is 3. The van der Waals surface area contributed by atoms with Crippen molar-refractivity contribution >= 4 is 22.7 Å². The fraction of sp³-hybridized carbons (Fsp3) is 0.292. The van der Waals surface area contributed by atoms with Gasteiger partial charge in [-0.2, -0.15) is 0 Å². The molecule has 0 atom stereocenters. The Morgan fingerprint density at radius 2 is 1.57 bits per heavy atom. The molecule has 2 heterocycles. The molecule has 0 radical (unpaired) electrons. The Bertz CT molecular complexity index is 1120. The highest BCUT2D eigenvalue weighted by Gasteiger charge is 2.27. The van der Waals surface area contributed by atoms with Gasteiger partial charge >= 0.3 is 0 Å². The first-order valence-electron chi connectivity index (χ1n) is 10.1. The fourth-order valence-electron chi connectivity index (χ4n) is 3.90. The van der Waals surface area contributed by atoms with Crippen LogP contribution in [0.3, 0.4) is 0 Å². The zero-order valence-electron chi connectivity index (χ0n) is 17.5. The summed E-state index contributed by atoms with van der Waals surface area (Å²) in [5.74, 6) is 0.654. The molecule has 1 aliphatic rings. The van der Waals surface area contributed by atoms with Crippen LogP contribution >= 0.6 is 0 Å². The van der Waals surface area contributed by atoms with Gasteiger partial charge in [0.25, 0.3) is 11.8 Å². The van der Waals surface area contributed by atoms with Crippen molar-refractivity contribution < 1.29 is 14.3 Å². The van der Waals surface area contributed by atoms with Crippen LogP contribution in [0, 0.1) is 13.8 Å². The van der Waals surface area contributed by atoms with Crippen molar-refractivity contribution in [3.63, 3.8) is 0 Å². The number of fused-ring (bicyclic) bond motifs is 1. The normalized spacial score (nSPS) is 14.1. The minimum absolute atomic E-state index is 0.0131. The predicted octanol–water partition coefficient (Wildman–Crippen LogP) is 3.46. The molecule has 0 saturated carbocycles. The quantitative estimate of drug-likeness (QED) is 0.672. The second-order valence-electron chi connectivity index (χ2n) is 7.60. The van der Waals surface area contributed by atoms with Crippen LogP contribution in [0.2, 0.25) is 0 Å². The molecule has 1 fully saturated rings. The van der Waals surface area contributed by atoms with E-state index in [4.69, 9.17) is 4.74 Å². The number of piperazine rings is 1. The van der Waals surface area contributed by atoms with Crippen molar-refractivity contribution in [2.45, 2.75) is 13.8 Å². The number of rotatable bonds is 3. The van der Waals surface area contributed by atoms with Crippen LogP contribution < -0.4 is 4.74 Å². The lowest BCUT2D eigenvalue weighted by Crippen LogP contribution is -2.50. The highest BCUT2D eigenvalue weighted by atomic mass is 16.5. The minimum atomic E-state index is -0.0365. The van der Waals surface area contributed by atoms with Gasteiger partial charge in [-0.15, -0.1) is 0 Å². The summed E-state index contributed by atoms with van der Waals surface area (Å²) in [6.45, 7) is 5.86. The van der Waals surface area contributed by atoms with Gasteiger partial charge in [-0.1, -0.05) is 24.3 Å². The molecule has 4 rings (SSSR count). The number of pyridine rings is 1. The van der Waals surface area contributed by atoms with Gasteiger partial charge in [0.15, 0.2) is 0 Å². The zero-order chi connectivity index (χ0) is 21.3. The lowest BCUT2D eigenvalue weighted by molar-refractivity contribution is 0.0536. The molecule has 154 valence electrons. The maximum atomic E-state index is 13.2. The molecule has 0 aliphatic carbocycles. The van der Waals surface area contributed by atoms with Crippen LogP contribution in [0.1, 0.15) is 32.0 Å². The van der Waals surface area contributed by atoms with E-state index in [1.807, 2.05) is 61.2 Å². The predicted molar refractivity (Wildman–Crippen MR) is 116 cm³/mol. The molecule has 6 nitrogen and oxygen atoms in total. The van der Waals surface area contributed by atoms with E-state index in [1.54, 1.807) is 18.1 Å². The molecule has 0 N–H and O–H groups in total. The third kappa shape index (κ3) is 3.73. The average Bonchev–Trinajstić information content (AvgIpc) is 2.78. The van der Waals surface area contributed by atoms with Crippen molar-refractivity contribution in [2.24, 2.45) is 0 Å². The summed E-state index contributed by atoms with van der Waals surface area (Å²) in [7, 11) is 1.60. The molecule has 1 aromatic heterocycles. The summed E-state index contributed by atoms with van der Waals surface area (Å²) in [5.41, 5.74) is 3.90. The van der Waals surface area contributed by atoms with E-state index in [0.717, 1.165) is 22.2 Å². The minimum Gasteiger partial charge on any atom is -0.496 e. The van der Waals surface area contributed by atoms with E-state index in [2.05, 4.69) is 4.98 Å². The third-order valence-corrected chi connectivity index (χ3v) is 5.58. The Morgan fingerprint density at radius 3 is 2.27 bits per heavy atom. The van der Waals surface area contributed by atoms with Crippen LogP contribution in [0.5, 0.6) is 5.75 Å². The molecule has 0 spiro atoms. The summed E-state index contributed by atoms with van der Waals surface area (Å²) in [6, 6.07) is 15.0. The van der Waals surface area contributed by atoms with Crippen LogP contribution in [0.25, 0.3) is 10.9 Å².